The number of halogens is 2. The molecule has 0 saturated heterocycles. The Morgan fingerprint density at radius 1 is 1.37 bits per heavy atom. The first-order valence-electron chi connectivity index (χ1n) is 8.76. The van der Waals surface area contributed by atoms with Crippen molar-refractivity contribution >= 4 is 18.0 Å². The average molecular weight is 377 g/mol. The molecule has 2 N–H and O–H groups in total. The molecule has 7 nitrogen and oxygen atoms in total. The number of hydrogen-bond donors (Lipinski definition) is 2. The van der Waals surface area contributed by atoms with Gasteiger partial charge in [-0.3, -0.25) is 9.59 Å². The Labute approximate surface area is 155 Å². The van der Waals surface area contributed by atoms with Gasteiger partial charge in [-0.25, -0.2) is 18.4 Å². The molecular weight excluding hydrogens is 356 g/mol. The lowest BCUT2D eigenvalue weighted by Crippen LogP contribution is -2.32. The van der Waals surface area contributed by atoms with E-state index in [2.05, 4.69) is 20.7 Å². The number of aromatic nitrogens is 3. The second-order valence-corrected chi connectivity index (χ2v) is 6.71. The molecule has 0 aliphatic heterocycles. The molecule has 1 aliphatic rings. The Kier molecular flexibility index (Phi) is 5.48. The number of hydrogen-bond acceptors (Lipinski definition) is 5. The fraction of sp³-hybridized carbons (Fsp3) is 0.444. The molecule has 2 aromatic rings. The molecule has 0 unspecified atom stereocenters. The van der Waals surface area contributed by atoms with Crippen LogP contribution < -0.4 is 10.6 Å². The molecular formula is C18H21F2N5O2. The van der Waals surface area contributed by atoms with Crippen molar-refractivity contribution in [3.8, 4) is 5.82 Å². The Morgan fingerprint density at radius 3 is 2.74 bits per heavy atom. The summed E-state index contributed by atoms with van der Waals surface area (Å²) in [5.74, 6) is -1.77. The molecule has 0 bridgehead atoms. The van der Waals surface area contributed by atoms with E-state index in [1.54, 1.807) is 24.4 Å². The van der Waals surface area contributed by atoms with Crippen LogP contribution in [0.5, 0.6) is 0 Å². The van der Waals surface area contributed by atoms with Gasteiger partial charge >= 0.3 is 0 Å². The van der Waals surface area contributed by atoms with Crippen molar-refractivity contribution in [3.05, 3.63) is 35.7 Å². The first kappa shape index (κ1) is 18.9. The van der Waals surface area contributed by atoms with E-state index in [9.17, 15) is 18.4 Å². The van der Waals surface area contributed by atoms with E-state index in [0.717, 1.165) is 5.56 Å². The molecule has 1 fully saturated rings. The highest BCUT2D eigenvalue weighted by atomic mass is 19.3. The molecule has 1 aliphatic carbocycles. The third-order valence-corrected chi connectivity index (χ3v) is 4.45. The fourth-order valence-electron chi connectivity index (χ4n) is 3.01. The van der Waals surface area contributed by atoms with E-state index in [4.69, 9.17) is 0 Å². The molecule has 1 saturated carbocycles. The van der Waals surface area contributed by atoms with Gasteiger partial charge in [-0.05, 0) is 36.6 Å². The minimum atomic E-state index is -2.59. The molecule has 27 heavy (non-hydrogen) atoms. The maximum atomic E-state index is 13.4. The normalized spacial score (nSPS) is 16.7. The van der Waals surface area contributed by atoms with Crippen molar-refractivity contribution < 1.29 is 18.4 Å². The summed E-state index contributed by atoms with van der Waals surface area (Å²) in [6, 6.07) is 4.99. The first-order valence-corrected chi connectivity index (χ1v) is 8.76. The predicted octanol–water partition coefficient (Wildman–Crippen LogP) is 2.71. The number of rotatable bonds is 6. The van der Waals surface area contributed by atoms with Crippen molar-refractivity contribution in [2.75, 3.05) is 5.32 Å². The van der Waals surface area contributed by atoms with Gasteiger partial charge in [0.2, 0.25) is 11.8 Å². The summed E-state index contributed by atoms with van der Waals surface area (Å²) in [5, 5.41) is 10.0. The van der Waals surface area contributed by atoms with Crippen LogP contribution in [-0.2, 0) is 11.3 Å². The number of anilines is 1. The molecule has 1 amide bonds. The molecule has 144 valence electrons. The minimum Gasteiger partial charge on any atom is -0.367 e. The van der Waals surface area contributed by atoms with E-state index in [-0.39, 0.29) is 30.5 Å². The fourth-order valence-corrected chi connectivity index (χ4v) is 3.01. The maximum absolute atomic E-state index is 13.4. The van der Waals surface area contributed by atoms with Gasteiger partial charge in [0.1, 0.15) is 11.5 Å². The zero-order valence-electron chi connectivity index (χ0n) is 14.9. The Morgan fingerprint density at radius 2 is 2.11 bits per heavy atom. The van der Waals surface area contributed by atoms with Crippen molar-refractivity contribution in [2.45, 2.75) is 51.1 Å². The lowest BCUT2D eigenvalue weighted by atomic mass is 9.92. The average Bonchev–Trinajstić information content (AvgIpc) is 3.11. The number of carbonyl (C=O) groups excluding carboxylic acids is 2. The standard InChI is InChI=1S/C18H21F2N5O2/c1-12(27)21-10-13-8-16(22-14-2-5-18(19,20)6-3-14)23-17(9-13)25-7-4-15(11-26)24-25/h4,7-9,11,14H,2-3,5-6,10H2,1H3,(H,21,27)(H,22,23). The van der Waals surface area contributed by atoms with Crippen molar-refractivity contribution in [1.82, 2.24) is 20.1 Å². The van der Waals surface area contributed by atoms with Gasteiger partial charge in [0.25, 0.3) is 0 Å². The van der Waals surface area contributed by atoms with E-state index >= 15 is 0 Å². The van der Waals surface area contributed by atoms with E-state index in [1.807, 2.05) is 0 Å². The second-order valence-electron chi connectivity index (χ2n) is 6.71. The summed E-state index contributed by atoms with van der Waals surface area (Å²) in [6.45, 7) is 1.72. The SMILES string of the molecule is CC(=O)NCc1cc(NC2CCC(F)(F)CC2)nc(-n2ccc(C=O)n2)c1. The molecule has 2 heterocycles. The number of aldehydes is 1. The highest BCUT2D eigenvalue weighted by Gasteiger charge is 2.34. The van der Waals surface area contributed by atoms with E-state index in [1.165, 1.54) is 11.6 Å². The molecule has 0 atom stereocenters. The van der Waals surface area contributed by atoms with Crippen LogP contribution in [0.25, 0.3) is 5.82 Å². The first-order chi connectivity index (χ1) is 12.8. The highest BCUT2D eigenvalue weighted by Crippen LogP contribution is 2.34. The lowest BCUT2D eigenvalue weighted by Gasteiger charge is -2.29. The van der Waals surface area contributed by atoms with Gasteiger partial charge in [-0.2, -0.15) is 5.10 Å². The molecule has 0 aromatic carbocycles. The minimum absolute atomic E-state index is 0.0934. The van der Waals surface area contributed by atoms with Gasteiger partial charge in [0.15, 0.2) is 12.1 Å². The zero-order chi connectivity index (χ0) is 19.4. The van der Waals surface area contributed by atoms with Crippen LogP contribution in [0.15, 0.2) is 24.4 Å². The van der Waals surface area contributed by atoms with Gasteiger partial charge in [-0.15, -0.1) is 0 Å². The zero-order valence-corrected chi connectivity index (χ0v) is 14.9. The van der Waals surface area contributed by atoms with Crippen LogP contribution in [0.1, 0.15) is 48.7 Å². The molecule has 2 aromatic heterocycles. The van der Waals surface area contributed by atoms with Crippen LogP contribution in [0.4, 0.5) is 14.6 Å². The summed E-state index contributed by atoms with van der Waals surface area (Å²) < 4.78 is 28.2. The summed E-state index contributed by atoms with van der Waals surface area (Å²) in [5.41, 5.74) is 1.05. The van der Waals surface area contributed by atoms with Crippen molar-refractivity contribution in [3.63, 3.8) is 0 Å². The van der Waals surface area contributed by atoms with Crippen LogP contribution in [-0.4, -0.2) is 38.9 Å². The van der Waals surface area contributed by atoms with Gasteiger partial charge in [0.05, 0.1) is 0 Å². The number of alkyl halides is 2. The third kappa shape index (κ3) is 5.08. The summed E-state index contributed by atoms with van der Waals surface area (Å²) in [7, 11) is 0. The van der Waals surface area contributed by atoms with Crippen molar-refractivity contribution in [2.24, 2.45) is 0 Å². The molecule has 0 radical (unpaired) electrons. The summed E-state index contributed by atoms with van der Waals surface area (Å²) >= 11 is 0. The monoisotopic (exact) mass is 377 g/mol. The number of pyridine rings is 1. The number of nitrogens with zero attached hydrogens (tertiary/aromatic N) is 3. The number of carbonyl (C=O) groups is 2. The number of nitrogens with one attached hydrogen (secondary N) is 2. The van der Waals surface area contributed by atoms with Crippen LogP contribution in [0, 0.1) is 0 Å². The summed E-state index contributed by atoms with van der Waals surface area (Å²) in [4.78, 5) is 26.5. The summed E-state index contributed by atoms with van der Waals surface area (Å²) in [6.07, 6.45) is 2.67. The molecule has 0 spiro atoms. The Bertz CT molecular complexity index is 827. The Balaban J connectivity index is 1.83. The second kappa shape index (κ2) is 7.81. The third-order valence-electron chi connectivity index (χ3n) is 4.45. The smallest absolute Gasteiger partial charge is 0.248 e. The molecule has 9 heteroatoms. The van der Waals surface area contributed by atoms with E-state index < -0.39 is 5.92 Å². The lowest BCUT2D eigenvalue weighted by molar-refractivity contribution is -0.119. The molecule has 3 rings (SSSR count). The predicted molar refractivity (Wildman–Crippen MR) is 95.1 cm³/mol. The van der Waals surface area contributed by atoms with Crippen molar-refractivity contribution in [1.29, 1.82) is 0 Å². The topological polar surface area (TPSA) is 88.9 Å². The van der Waals surface area contributed by atoms with Gasteiger partial charge in [-0.1, -0.05) is 0 Å². The van der Waals surface area contributed by atoms with Crippen LogP contribution in [0.2, 0.25) is 0 Å². The largest absolute Gasteiger partial charge is 0.367 e. The highest BCUT2D eigenvalue weighted by molar-refractivity contribution is 5.73. The van der Waals surface area contributed by atoms with Gasteiger partial charge in [0, 0.05) is 38.5 Å². The van der Waals surface area contributed by atoms with Crippen LogP contribution in [0.3, 0.4) is 0 Å². The Hall–Kier alpha value is -2.84. The quantitative estimate of drug-likeness (QED) is 0.756. The van der Waals surface area contributed by atoms with Crippen LogP contribution >= 0.6 is 0 Å². The van der Waals surface area contributed by atoms with E-state index in [0.29, 0.717) is 37.3 Å². The maximum Gasteiger partial charge on any atom is 0.248 e. The number of amides is 1. The van der Waals surface area contributed by atoms with Gasteiger partial charge < -0.3 is 10.6 Å².